The molecule has 1 aromatic heterocycles. The number of sulfonamides is 1. The average Bonchev–Trinajstić information content (AvgIpc) is 3.53. The first-order chi connectivity index (χ1) is 16.3. The summed E-state index contributed by atoms with van der Waals surface area (Å²) in [6.07, 6.45) is 3.91. The molecular weight excluding hydrogens is 465 g/mol. The molecular formula is C23H30FN3O6S. The van der Waals surface area contributed by atoms with Crippen LogP contribution >= 0.6 is 0 Å². The highest BCUT2D eigenvalue weighted by Gasteiger charge is 2.33. The van der Waals surface area contributed by atoms with Crippen LogP contribution in [0.4, 0.5) is 4.39 Å². The third-order valence-electron chi connectivity index (χ3n) is 5.54. The molecule has 0 radical (unpaired) electrons. The fourth-order valence-corrected chi connectivity index (χ4v) is 4.75. The lowest BCUT2D eigenvalue weighted by molar-refractivity contribution is -0.141. The van der Waals surface area contributed by atoms with Gasteiger partial charge in [-0.2, -0.15) is 0 Å². The van der Waals surface area contributed by atoms with E-state index in [0.717, 1.165) is 37.1 Å². The fraction of sp³-hybridized carbons (Fsp3) is 0.478. The van der Waals surface area contributed by atoms with E-state index in [4.69, 9.17) is 9.15 Å². The van der Waals surface area contributed by atoms with E-state index < -0.39 is 34.3 Å². The summed E-state index contributed by atoms with van der Waals surface area (Å²) in [7, 11) is -4.04. The second kappa shape index (κ2) is 12.1. The largest absolute Gasteiger partial charge is 0.467 e. The standard InChI is InChI=1S/C23H30FN3O6S/c1-2-5-21(23(29)25-14-18-6-3-12-32-18)27(16-19-7-4-13-33-19)22(28)15-26-34(30,31)20-10-8-17(24)9-11-20/h3,6,8-12,19,21,26H,2,4-5,7,13-16H2,1H3,(H,25,29)/t19-,21+/m0/s1. The summed E-state index contributed by atoms with van der Waals surface area (Å²) >= 11 is 0. The summed E-state index contributed by atoms with van der Waals surface area (Å²) in [6, 6.07) is 6.94. The van der Waals surface area contributed by atoms with Gasteiger partial charge in [0.05, 0.1) is 30.4 Å². The Morgan fingerprint density at radius 2 is 2.00 bits per heavy atom. The molecule has 2 heterocycles. The van der Waals surface area contributed by atoms with Crippen LogP contribution in [0.2, 0.25) is 0 Å². The Balaban J connectivity index is 1.73. The quantitative estimate of drug-likeness (QED) is 0.466. The lowest BCUT2D eigenvalue weighted by atomic mass is 10.1. The van der Waals surface area contributed by atoms with Crippen LogP contribution in [-0.2, 0) is 30.9 Å². The van der Waals surface area contributed by atoms with E-state index in [2.05, 4.69) is 10.0 Å². The van der Waals surface area contributed by atoms with Crippen LogP contribution in [-0.4, -0.2) is 57.0 Å². The topological polar surface area (TPSA) is 118 Å². The smallest absolute Gasteiger partial charge is 0.243 e. The fourth-order valence-electron chi connectivity index (χ4n) is 3.77. The highest BCUT2D eigenvalue weighted by Crippen LogP contribution is 2.18. The Labute approximate surface area is 198 Å². The number of furan rings is 1. The predicted molar refractivity (Wildman–Crippen MR) is 122 cm³/mol. The zero-order valence-corrected chi connectivity index (χ0v) is 19.9. The van der Waals surface area contributed by atoms with Gasteiger partial charge in [0.2, 0.25) is 21.8 Å². The van der Waals surface area contributed by atoms with Crippen molar-refractivity contribution in [3.05, 3.63) is 54.2 Å². The third-order valence-corrected chi connectivity index (χ3v) is 6.96. The Hall–Kier alpha value is -2.76. The predicted octanol–water partition coefficient (Wildman–Crippen LogP) is 2.19. The number of nitrogens with one attached hydrogen (secondary N) is 2. The van der Waals surface area contributed by atoms with Crippen LogP contribution in [0.3, 0.4) is 0 Å². The number of halogens is 1. The molecule has 0 aliphatic carbocycles. The Morgan fingerprint density at radius 3 is 2.62 bits per heavy atom. The number of rotatable bonds is 12. The number of carbonyl (C=O) groups is 2. The van der Waals surface area contributed by atoms with E-state index in [0.29, 0.717) is 25.2 Å². The molecule has 1 aliphatic heterocycles. The SMILES string of the molecule is CCC[C@H](C(=O)NCc1ccco1)N(C[C@@H]1CCCO1)C(=O)CNS(=O)(=O)c1ccc(F)cc1. The van der Waals surface area contributed by atoms with Gasteiger partial charge < -0.3 is 19.4 Å². The number of ether oxygens (including phenoxy) is 1. The van der Waals surface area contributed by atoms with Crippen molar-refractivity contribution in [3.8, 4) is 0 Å². The summed E-state index contributed by atoms with van der Waals surface area (Å²) in [5, 5.41) is 2.79. The monoisotopic (exact) mass is 495 g/mol. The van der Waals surface area contributed by atoms with Crippen molar-refractivity contribution >= 4 is 21.8 Å². The second-order valence-corrected chi connectivity index (χ2v) is 9.83. The zero-order chi connectivity index (χ0) is 24.6. The van der Waals surface area contributed by atoms with Crippen LogP contribution in [0, 0.1) is 5.82 Å². The molecule has 0 spiro atoms. The van der Waals surface area contributed by atoms with Crippen molar-refractivity contribution in [3.63, 3.8) is 0 Å². The van der Waals surface area contributed by atoms with E-state index in [1.54, 1.807) is 12.1 Å². The molecule has 1 aliphatic rings. The molecule has 1 aromatic carbocycles. The van der Waals surface area contributed by atoms with Gasteiger partial charge in [0.15, 0.2) is 0 Å². The molecule has 11 heteroatoms. The number of benzene rings is 1. The Bertz CT molecular complexity index is 1040. The van der Waals surface area contributed by atoms with Crippen molar-refractivity contribution in [1.82, 2.24) is 14.9 Å². The molecule has 1 saturated heterocycles. The van der Waals surface area contributed by atoms with Gasteiger partial charge in [0.1, 0.15) is 17.6 Å². The molecule has 2 atom stereocenters. The van der Waals surface area contributed by atoms with Gasteiger partial charge in [-0.25, -0.2) is 17.5 Å². The van der Waals surface area contributed by atoms with Crippen molar-refractivity contribution < 1.29 is 31.6 Å². The van der Waals surface area contributed by atoms with Gasteiger partial charge in [0, 0.05) is 13.2 Å². The maximum Gasteiger partial charge on any atom is 0.243 e. The summed E-state index contributed by atoms with van der Waals surface area (Å²) in [6.45, 7) is 2.28. The van der Waals surface area contributed by atoms with E-state index >= 15 is 0 Å². The van der Waals surface area contributed by atoms with Crippen molar-refractivity contribution in [1.29, 1.82) is 0 Å². The van der Waals surface area contributed by atoms with E-state index in [1.807, 2.05) is 6.92 Å². The average molecular weight is 496 g/mol. The summed E-state index contributed by atoms with van der Waals surface area (Å²) in [5.41, 5.74) is 0. The maximum atomic E-state index is 13.2. The lowest BCUT2D eigenvalue weighted by Gasteiger charge is -2.32. The van der Waals surface area contributed by atoms with Crippen LogP contribution < -0.4 is 10.0 Å². The van der Waals surface area contributed by atoms with Gasteiger partial charge in [-0.05, 0) is 55.7 Å². The van der Waals surface area contributed by atoms with Crippen LogP contribution in [0.1, 0.15) is 38.4 Å². The maximum absolute atomic E-state index is 13.2. The summed E-state index contributed by atoms with van der Waals surface area (Å²) in [5.74, 6) is -0.896. The number of hydrogen-bond acceptors (Lipinski definition) is 6. The molecule has 2 aromatic rings. The molecule has 2 amide bonds. The highest BCUT2D eigenvalue weighted by molar-refractivity contribution is 7.89. The van der Waals surface area contributed by atoms with Gasteiger partial charge in [-0.3, -0.25) is 9.59 Å². The van der Waals surface area contributed by atoms with E-state index in [-0.39, 0.29) is 30.0 Å². The molecule has 0 bridgehead atoms. The first-order valence-electron chi connectivity index (χ1n) is 11.3. The minimum absolute atomic E-state index is 0.159. The van der Waals surface area contributed by atoms with Gasteiger partial charge in [0.25, 0.3) is 0 Å². The third kappa shape index (κ3) is 7.12. The van der Waals surface area contributed by atoms with Crippen LogP contribution in [0.5, 0.6) is 0 Å². The summed E-state index contributed by atoms with van der Waals surface area (Å²) < 4.78 is 51.4. The molecule has 186 valence electrons. The van der Waals surface area contributed by atoms with Gasteiger partial charge in [-0.1, -0.05) is 13.3 Å². The van der Waals surface area contributed by atoms with Crippen molar-refractivity contribution in [2.45, 2.75) is 56.2 Å². The Morgan fingerprint density at radius 1 is 1.24 bits per heavy atom. The zero-order valence-electron chi connectivity index (χ0n) is 19.0. The van der Waals surface area contributed by atoms with Crippen molar-refractivity contribution in [2.24, 2.45) is 0 Å². The summed E-state index contributed by atoms with van der Waals surface area (Å²) in [4.78, 5) is 27.5. The highest BCUT2D eigenvalue weighted by atomic mass is 32.2. The molecule has 9 nitrogen and oxygen atoms in total. The molecule has 2 N–H and O–H groups in total. The van der Waals surface area contributed by atoms with Gasteiger partial charge in [-0.15, -0.1) is 0 Å². The van der Waals surface area contributed by atoms with Crippen LogP contribution in [0.25, 0.3) is 0 Å². The van der Waals surface area contributed by atoms with E-state index in [9.17, 15) is 22.4 Å². The minimum Gasteiger partial charge on any atom is -0.467 e. The van der Waals surface area contributed by atoms with Crippen LogP contribution in [0.15, 0.2) is 52.0 Å². The molecule has 3 rings (SSSR count). The molecule has 34 heavy (non-hydrogen) atoms. The minimum atomic E-state index is -4.04. The number of nitrogens with zero attached hydrogens (tertiary/aromatic N) is 1. The second-order valence-electron chi connectivity index (χ2n) is 8.06. The number of carbonyl (C=O) groups excluding carboxylic acids is 2. The first-order valence-corrected chi connectivity index (χ1v) is 12.7. The van der Waals surface area contributed by atoms with Crippen molar-refractivity contribution in [2.75, 3.05) is 19.7 Å². The number of amides is 2. The first kappa shape index (κ1) is 25.9. The number of hydrogen-bond donors (Lipinski definition) is 2. The molecule has 0 saturated carbocycles. The molecule has 1 fully saturated rings. The molecule has 0 unspecified atom stereocenters. The Kier molecular flexibility index (Phi) is 9.20. The van der Waals surface area contributed by atoms with E-state index in [1.165, 1.54) is 11.2 Å². The van der Waals surface area contributed by atoms with Gasteiger partial charge >= 0.3 is 0 Å². The lowest BCUT2D eigenvalue weighted by Crippen LogP contribution is -2.54. The normalized spacial score (nSPS) is 16.8.